The number of benzene rings is 1. The molecule has 1 N–H and O–H groups in total. The second-order valence-electron chi connectivity index (χ2n) is 3.20. The van der Waals surface area contributed by atoms with Crippen LogP contribution in [0.5, 0.6) is 0 Å². The molecule has 94 valence electrons. The third-order valence-corrected chi connectivity index (χ3v) is 2.41. The van der Waals surface area contributed by atoms with Gasteiger partial charge in [-0.2, -0.15) is 13.2 Å². The molecular formula is C10H9F3O3S. The molecule has 0 amide bonds. The highest BCUT2D eigenvalue weighted by atomic mass is 32.2. The molecule has 0 aliphatic carbocycles. The summed E-state index contributed by atoms with van der Waals surface area (Å²) in [7, 11) is 0. The Morgan fingerprint density at radius 1 is 1.41 bits per heavy atom. The van der Waals surface area contributed by atoms with Crippen LogP contribution in [0.2, 0.25) is 0 Å². The van der Waals surface area contributed by atoms with E-state index in [-0.39, 0.29) is 5.56 Å². The zero-order chi connectivity index (χ0) is 13.1. The van der Waals surface area contributed by atoms with Crippen LogP contribution in [-0.2, 0) is 8.98 Å². The zero-order valence-corrected chi connectivity index (χ0v) is 9.51. The second kappa shape index (κ2) is 5.42. The number of carboxylic acid groups (broad SMARTS) is 1. The fourth-order valence-corrected chi connectivity index (χ4v) is 1.60. The van der Waals surface area contributed by atoms with Crippen LogP contribution in [-0.4, -0.2) is 16.6 Å². The van der Waals surface area contributed by atoms with Crippen molar-refractivity contribution >= 4 is 18.0 Å². The lowest BCUT2D eigenvalue weighted by Gasteiger charge is -2.15. The van der Waals surface area contributed by atoms with Gasteiger partial charge in [0.2, 0.25) is 0 Å². The number of aliphatic carboxylic acids is 1. The van der Waals surface area contributed by atoms with Crippen molar-refractivity contribution in [1.29, 1.82) is 0 Å². The molecule has 0 radical (unpaired) electrons. The Morgan fingerprint density at radius 3 is 2.47 bits per heavy atom. The minimum Gasteiger partial charge on any atom is -0.479 e. The normalized spacial score (nSPS) is 13.4. The first-order valence-electron chi connectivity index (χ1n) is 4.51. The summed E-state index contributed by atoms with van der Waals surface area (Å²) in [6, 6.07) is 6.23. The van der Waals surface area contributed by atoms with Gasteiger partial charge in [0, 0.05) is 0 Å². The SMILES string of the molecule is Cc1ccccc1C(OSC(F)(F)F)C(=O)O. The lowest BCUT2D eigenvalue weighted by atomic mass is 10.0. The molecule has 0 saturated heterocycles. The third kappa shape index (κ3) is 4.27. The first-order chi connectivity index (χ1) is 7.81. The Hall–Kier alpha value is -1.21. The summed E-state index contributed by atoms with van der Waals surface area (Å²) in [4.78, 5) is 10.9. The Morgan fingerprint density at radius 2 is 2.00 bits per heavy atom. The van der Waals surface area contributed by atoms with Crippen molar-refractivity contribution in [3.63, 3.8) is 0 Å². The summed E-state index contributed by atoms with van der Waals surface area (Å²) >= 11 is -0.807. The highest BCUT2D eigenvalue weighted by molar-refractivity contribution is 7.95. The van der Waals surface area contributed by atoms with Crippen molar-refractivity contribution in [3.05, 3.63) is 35.4 Å². The maximum absolute atomic E-state index is 11.9. The van der Waals surface area contributed by atoms with E-state index in [9.17, 15) is 18.0 Å². The highest BCUT2D eigenvalue weighted by Gasteiger charge is 2.34. The van der Waals surface area contributed by atoms with E-state index in [1.165, 1.54) is 6.07 Å². The van der Waals surface area contributed by atoms with Gasteiger partial charge in [0.1, 0.15) is 12.0 Å². The smallest absolute Gasteiger partial charge is 0.468 e. The summed E-state index contributed by atoms with van der Waals surface area (Å²) in [5.74, 6) is -1.46. The largest absolute Gasteiger partial charge is 0.479 e. The van der Waals surface area contributed by atoms with Crippen LogP contribution < -0.4 is 0 Å². The van der Waals surface area contributed by atoms with Gasteiger partial charge in [-0.05, 0) is 18.1 Å². The maximum atomic E-state index is 11.9. The number of carbonyl (C=O) groups is 1. The fourth-order valence-electron chi connectivity index (χ4n) is 1.21. The van der Waals surface area contributed by atoms with E-state index in [0.717, 1.165) is 0 Å². The van der Waals surface area contributed by atoms with E-state index < -0.39 is 29.6 Å². The zero-order valence-electron chi connectivity index (χ0n) is 8.69. The number of aryl methyl sites for hydroxylation is 1. The Kier molecular flexibility index (Phi) is 4.41. The van der Waals surface area contributed by atoms with E-state index in [1.807, 2.05) is 0 Å². The van der Waals surface area contributed by atoms with Crippen LogP contribution in [0.15, 0.2) is 24.3 Å². The van der Waals surface area contributed by atoms with Gasteiger partial charge in [-0.3, -0.25) is 4.18 Å². The van der Waals surface area contributed by atoms with E-state index in [0.29, 0.717) is 5.56 Å². The van der Waals surface area contributed by atoms with Gasteiger partial charge in [-0.15, -0.1) is 0 Å². The minimum atomic E-state index is -4.63. The second-order valence-corrected chi connectivity index (χ2v) is 4.02. The summed E-state index contributed by atoms with van der Waals surface area (Å²) in [5.41, 5.74) is -3.87. The van der Waals surface area contributed by atoms with Crippen LogP contribution in [0.3, 0.4) is 0 Å². The third-order valence-electron chi connectivity index (χ3n) is 1.93. The molecule has 0 saturated carbocycles. The minimum absolute atomic E-state index is 0.205. The fraction of sp³-hybridized carbons (Fsp3) is 0.300. The summed E-state index contributed by atoms with van der Waals surface area (Å²) in [6.45, 7) is 1.60. The number of hydrogen-bond donors (Lipinski definition) is 1. The van der Waals surface area contributed by atoms with Gasteiger partial charge in [0.25, 0.3) is 0 Å². The molecule has 17 heavy (non-hydrogen) atoms. The Bertz CT molecular complexity index is 406. The average molecular weight is 266 g/mol. The van der Waals surface area contributed by atoms with Crippen molar-refractivity contribution in [2.24, 2.45) is 0 Å². The molecule has 1 unspecified atom stereocenters. The van der Waals surface area contributed by atoms with Gasteiger partial charge in [-0.25, -0.2) is 4.79 Å². The molecule has 0 aliphatic heterocycles. The highest BCUT2D eigenvalue weighted by Crippen LogP contribution is 2.36. The van der Waals surface area contributed by atoms with Gasteiger partial charge in [0.05, 0.1) is 0 Å². The number of rotatable bonds is 4. The van der Waals surface area contributed by atoms with E-state index in [1.54, 1.807) is 25.1 Å². The van der Waals surface area contributed by atoms with Crippen molar-refractivity contribution in [2.75, 3.05) is 0 Å². The van der Waals surface area contributed by atoms with Crippen LogP contribution in [0, 0.1) is 6.92 Å². The molecule has 1 aromatic rings. The molecular weight excluding hydrogens is 257 g/mol. The molecule has 0 aliphatic rings. The molecule has 0 bridgehead atoms. The molecule has 0 heterocycles. The quantitative estimate of drug-likeness (QED) is 0.849. The lowest BCUT2D eigenvalue weighted by Crippen LogP contribution is -2.16. The molecule has 0 aromatic heterocycles. The Balaban J connectivity index is 2.88. The van der Waals surface area contributed by atoms with Gasteiger partial charge < -0.3 is 5.11 Å². The summed E-state index contributed by atoms with van der Waals surface area (Å²) in [5, 5.41) is 8.84. The molecule has 0 fully saturated rings. The first kappa shape index (κ1) is 13.9. The molecule has 7 heteroatoms. The Labute approximate surface area is 99.8 Å². The van der Waals surface area contributed by atoms with Crippen LogP contribution >= 0.6 is 12.0 Å². The monoisotopic (exact) mass is 266 g/mol. The number of hydrogen-bond acceptors (Lipinski definition) is 3. The van der Waals surface area contributed by atoms with Crippen molar-refractivity contribution in [3.8, 4) is 0 Å². The number of alkyl halides is 3. The van der Waals surface area contributed by atoms with Crippen molar-refractivity contribution in [1.82, 2.24) is 0 Å². The predicted octanol–water partition coefficient (Wildman–Crippen LogP) is 3.31. The number of carboxylic acids is 1. The van der Waals surface area contributed by atoms with Crippen LogP contribution in [0.4, 0.5) is 13.2 Å². The van der Waals surface area contributed by atoms with E-state index in [4.69, 9.17) is 5.11 Å². The predicted molar refractivity (Wildman–Crippen MR) is 56.3 cm³/mol. The van der Waals surface area contributed by atoms with Gasteiger partial charge in [-0.1, -0.05) is 24.3 Å². The summed E-state index contributed by atoms with van der Waals surface area (Å²) in [6.07, 6.45) is -1.64. The topological polar surface area (TPSA) is 46.5 Å². The standard InChI is InChI=1S/C10H9F3O3S/c1-6-4-2-3-5-7(6)8(9(14)15)16-17-10(11,12)13/h2-5,8H,1H3,(H,14,15). The first-order valence-corrected chi connectivity index (χ1v) is 5.25. The summed E-state index contributed by atoms with van der Waals surface area (Å²) < 4.78 is 40.1. The van der Waals surface area contributed by atoms with Crippen LogP contribution in [0.25, 0.3) is 0 Å². The lowest BCUT2D eigenvalue weighted by molar-refractivity contribution is -0.145. The van der Waals surface area contributed by atoms with Crippen LogP contribution in [0.1, 0.15) is 17.2 Å². The van der Waals surface area contributed by atoms with E-state index >= 15 is 0 Å². The van der Waals surface area contributed by atoms with E-state index in [2.05, 4.69) is 4.18 Å². The van der Waals surface area contributed by atoms with Crippen molar-refractivity contribution < 1.29 is 27.3 Å². The molecule has 1 aromatic carbocycles. The molecule has 1 atom stereocenters. The molecule has 0 spiro atoms. The molecule has 3 nitrogen and oxygen atoms in total. The average Bonchev–Trinajstić information content (AvgIpc) is 2.18. The van der Waals surface area contributed by atoms with Gasteiger partial charge in [0.15, 0.2) is 6.10 Å². The number of halogens is 3. The molecule has 1 rings (SSSR count). The van der Waals surface area contributed by atoms with Crippen molar-refractivity contribution in [2.45, 2.75) is 18.5 Å². The van der Waals surface area contributed by atoms with Gasteiger partial charge >= 0.3 is 11.5 Å². The maximum Gasteiger partial charge on any atom is 0.468 e.